The molecule has 3 rings (SSSR count). The number of benzene rings is 2. The Labute approximate surface area is 168 Å². The van der Waals surface area contributed by atoms with Crippen molar-refractivity contribution in [2.75, 3.05) is 24.9 Å². The molecule has 1 amide bonds. The van der Waals surface area contributed by atoms with Gasteiger partial charge in [0.15, 0.2) is 0 Å². The molecule has 6 nitrogen and oxygen atoms in total. The first-order valence-corrected chi connectivity index (χ1v) is 8.95. The first kappa shape index (κ1) is 19.5. The summed E-state index contributed by atoms with van der Waals surface area (Å²) in [7, 11) is 3.00. The number of anilines is 2. The average Bonchev–Trinajstić information content (AvgIpc) is 2.74. The third-order valence-corrected chi connectivity index (χ3v) is 4.35. The minimum absolute atomic E-state index is 0.272. The molecule has 144 valence electrons. The third-order valence-electron chi connectivity index (χ3n) is 4.05. The highest BCUT2D eigenvalue weighted by Crippen LogP contribution is 2.36. The Morgan fingerprint density at radius 3 is 2.50 bits per heavy atom. The standard InChI is InChI=1S/C21H20ClN3O3/c1-27-19-12-17(20(28-2)11-16(19)22)25-21(26)18-10-15(8-9-23-18)24-13-14-6-4-3-5-7-14/h3-12H,13H2,1-2H3,(H,23,24)(H,25,26). The summed E-state index contributed by atoms with van der Waals surface area (Å²) in [5.41, 5.74) is 2.65. The van der Waals surface area contributed by atoms with Crippen LogP contribution in [0.1, 0.15) is 16.1 Å². The molecule has 0 aliphatic heterocycles. The number of hydrogen-bond donors (Lipinski definition) is 2. The minimum Gasteiger partial charge on any atom is -0.495 e. The highest BCUT2D eigenvalue weighted by Gasteiger charge is 2.15. The fourth-order valence-electron chi connectivity index (χ4n) is 2.61. The molecule has 0 aliphatic carbocycles. The zero-order valence-corrected chi connectivity index (χ0v) is 16.3. The Morgan fingerprint density at radius 1 is 1.04 bits per heavy atom. The van der Waals surface area contributed by atoms with Gasteiger partial charge < -0.3 is 20.1 Å². The molecule has 28 heavy (non-hydrogen) atoms. The molecule has 2 N–H and O–H groups in total. The van der Waals surface area contributed by atoms with Crippen LogP contribution in [0.4, 0.5) is 11.4 Å². The number of carbonyl (C=O) groups excluding carboxylic acids is 1. The lowest BCUT2D eigenvalue weighted by atomic mass is 10.2. The zero-order valence-electron chi connectivity index (χ0n) is 15.5. The van der Waals surface area contributed by atoms with E-state index in [0.717, 1.165) is 11.3 Å². The lowest BCUT2D eigenvalue weighted by Gasteiger charge is -2.13. The number of nitrogens with one attached hydrogen (secondary N) is 2. The zero-order chi connectivity index (χ0) is 19.9. The van der Waals surface area contributed by atoms with Crippen LogP contribution >= 0.6 is 11.6 Å². The predicted molar refractivity (Wildman–Crippen MR) is 111 cm³/mol. The number of halogens is 1. The van der Waals surface area contributed by atoms with E-state index in [1.54, 1.807) is 24.4 Å². The van der Waals surface area contributed by atoms with Crippen molar-refractivity contribution in [1.82, 2.24) is 4.98 Å². The van der Waals surface area contributed by atoms with E-state index >= 15 is 0 Å². The summed E-state index contributed by atoms with van der Waals surface area (Å²) >= 11 is 6.10. The summed E-state index contributed by atoms with van der Waals surface area (Å²) in [6.07, 6.45) is 1.59. The number of nitrogens with zero attached hydrogens (tertiary/aromatic N) is 1. The van der Waals surface area contributed by atoms with Gasteiger partial charge in [0.05, 0.1) is 24.9 Å². The Kier molecular flexibility index (Phi) is 6.34. The van der Waals surface area contributed by atoms with Crippen molar-refractivity contribution in [3.8, 4) is 11.5 Å². The van der Waals surface area contributed by atoms with Gasteiger partial charge in [-0.15, -0.1) is 0 Å². The van der Waals surface area contributed by atoms with Crippen molar-refractivity contribution in [3.05, 3.63) is 77.1 Å². The summed E-state index contributed by atoms with van der Waals surface area (Å²) in [5.74, 6) is 0.493. The first-order valence-electron chi connectivity index (χ1n) is 8.57. The highest BCUT2D eigenvalue weighted by molar-refractivity contribution is 6.32. The van der Waals surface area contributed by atoms with Gasteiger partial charge in [0.1, 0.15) is 17.2 Å². The van der Waals surface area contributed by atoms with Crippen LogP contribution in [0, 0.1) is 0 Å². The van der Waals surface area contributed by atoms with Gasteiger partial charge in [-0.2, -0.15) is 0 Å². The van der Waals surface area contributed by atoms with Gasteiger partial charge >= 0.3 is 0 Å². The van der Waals surface area contributed by atoms with E-state index in [1.807, 2.05) is 36.4 Å². The number of amides is 1. The van der Waals surface area contributed by atoms with Crippen LogP contribution in [-0.2, 0) is 6.54 Å². The van der Waals surface area contributed by atoms with Crippen molar-refractivity contribution in [2.24, 2.45) is 0 Å². The minimum atomic E-state index is -0.369. The van der Waals surface area contributed by atoms with Crippen LogP contribution in [0.2, 0.25) is 5.02 Å². The molecule has 7 heteroatoms. The van der Waals surface area contributed by atoms with Crippen molar-refractivity contribution in [3.63, 3.8) is 0 Å². The molecule has 0 aliphatic rings. The summed E-state index contributed by atoms with van der Waals surface area (Å²) in [5, 5.41) is 6.47. The van der Waals surface area contributed by atoms with Crippen LogP contribution in [-0.4, -0.2) is 25.1 Å². The van der Waals surface area contributed by atoms with E-state index in [9.17, 15) is 4.79 Å². The number of pyridine rings is 1. The molecule has 1 aromatic heterocycles. The van der Waals surface area contributed by atoms with Gasteiger partial charge in [-0.1, -0.05) is 41.9 Å². The maximum Gasteiger partial charge on any atom is 0.274 e. The molecular weight excluding hydrogens is 378 g/mol. The molecule has 0 bridgehead atoms. The van der Waals surface area contributed by atoms with Crippen molar-refractivity contribution < 1.29 is 14.3 Å². The second-order valence-corrected chi connectivity index (χ2v) is 6.32. The van der Waals surface area contributed by atoms with E-state index in [1.165, 1.54) is 14.2 Å². The first-order chi connectivity index (χ1) is 13.6. The highest BCUT2D eigenvalue weighted by atomic mass is 35.5. The van der Waals surface area contributed by atoms with E-state index in [4.69, 9.17) is 21.1 Å². The topological polar surface area (TPSA) is 72.5 Å². The fraction of sp³-hybridized carbons (Fsp3) is 0.143. The molecule has 0 fully saturated rings. The molecule has 3 aromatic rings. The Balaban J connectivity index is 1.74. The largest absolute Gasteiger partial charge is 0.495 e. The van der Waals surface area contributed by atoms with Crippen LogP contribution in [0.25, 0.3) is 0 Å². The number of rotatable bonds is 7. The van der Waals surface area contributed by atoms with Gasteiger partial charge in [-0.3, -0.25) is 9.78 Å². The summed E-state index contributed by atoms with van der Waals surface area (Å²) in [6, 6.07) is 16.7. The Hall–Kier alpha value is -3.25. The Morgan fingerprint density at radius 2 is 1.79 bits per heavy atom. The summed E-state index contributed by atoms with van der Waals surface area (Å²) in [4.78, 5) is 16.8. The quantitative estimate of drug-likeness (QED) is 0.608. The van der Waals surface area contributed by atoms with Gasteiger partial charge in [0.2, 0.25) is 0 Å². The fourth-order valence-corrected chi connectivity index (χ4v) is 2.84. The molecule has 0 radical (unpaired) electrons. The lowest BCUT2D eigenvalue weighted by Crippen LogP contribution is -2.15. The SMILES string of the molecule is COc1cc(NC(=O)c2cc(NCc3ccccc3)ccn2)c(OC)cc1Cl. The van der Waals surface area contributed by atoms with E-state index in [0.29, 0.717) is 28.8 Å². The second kappa shape index (κ2) is 9.10. The van der Waals surface area contributed by atoms with Crippen LogP contribution in [0.3, 0.4) is 0 Å². The number of carbonyl (C=O) groups is 1. The van der Waals surface area contributed by atoms with Gasteiger partial charge in [0, 0.05) is 30.6 Å². The molecule has 1 heterocycles. The van der Waals surface area contributed by atoms with Crippen LogP contribution in [0.5, 0.6) is 11.5 Å². The number of hydrogen-bond acceptors (Lipinski definition) is 5. The smallest absolute Gasteiger partial charge is 0.274 e. The third kappa shape index (κ3) is 4.72. The van der Waals surface area contributed by atoms with E-state index < -0.39 is 0 Å². The summed E-state index contributed by atoms with van der Waals surface area (Å²) < 4.78 is 10.5. The predicted octanol–water partition coefficient (Wildman–Crippen LogP) is 4.62. The van der Waals surface area contributed by atoms with Gasteiger partial charge in [0.25, 0.3) is 5.91 Å². The molecule has 0 saturated heterocycles. The Bertz CT molecular complexity index is 964. The summed E-state index contributed by atoms with van der Waals surface area (Å²) in [6.45, 7) is 0.647. The number of methoxy groups -OCH3 is 2. The molecule has 0 spiro atoms. The molecule has 0 unspecified atom stereocenters. The number of aromatic nitrogens is 1. The molecule has 0 atom stereocenters. The van der Waals surface area contributed by atoms with Crippen molar-refractivity contribution >= 4 is 28.9 Å². The van der Waals surface area contributed by atoms with E-state index in [-0.39, 0.29) is 11.6 Å². The van der Waals surface area contributed by atoms with E-state index in [2.05, 4.69) is 15.6 Å². The second-order valence-electron chi connectivity index (χ2n) is 5.91. The number of ether oxygens (including phenoxy) is 2. The average molecular weight is 398 g/mol. The van der Waals surface area contributed by atoms with Crippen molar-refractivity contribution in [1.29, 1.82) is 0 Å². The molecule has 0 saturated carbocycles. The van der Waals surface area contributed by atoms with Crippen LogP contribution in [0.15, 0.2) is 60.8 Å². The van der Waals surface area contributed by atoms with Crippen LogP contribution < -0.4 is 20.1 Å². The molecular formula is C21H20ClN3O3. The normalized spacial score (nSPS) is 10.2. The lowest BCUT2D eigenvalue weighted by molar-refractivity contribution is 0.102. The maximum atomic E-state index is 12.7. The maximum absolute atomic E-state index is 12.7. The van der Waals surface area contributed by atoms with Gasteiger partial charge in [-0.05, 0) is 17.7 Å². The monoisotopic (exact) mass is 397 g/mol. The molecule has 2 aromatic carbocycles. The van der Waals surface area contributed by atoms with Crippen molar-refractivity contribution in [2.45, 2.75) is 6.54 Å². The van der Waals surface area contributed by atoms with Gasteiger partial charge in [-0.25, -0.2) is 0 Å².